The Kier molecular flexibility index (Phi) is 4.66. The van der Waals surface area contributed by atoms with Crippen molar-refractivity contribution in [2.75, 3.05) is 6.54 Å². The molecule has 2 aromatic rings. The molecule has 2 heteroatoms. The van der Waals surface area contributed by atoms with E-state index in [1.165, 1.54) is 24.8 Å². The number of fused-ring (bicyclic) bond motifs is 1. The fraction of sp³-hybridized carbons (Fsp3) is 0.421. The van der Waals surface area contributed by atoms with E-state index in [1.54, 1.807) is 11.1 Å². The van der Waals surface area contributed by atoms with Crippen molar-refractivity contribution in [1.82, 2.24) is 10.3 Å². The number of nitrogens with one attached hydrogen (secondary N) is 1. The van der Waals surface area contributed by atoms with Crippen molar-refractivity contribution in [2.45, 2.75) is 44.6 Å². The standard InChI is InChI=1S/C19H24N2/c1-2-11-21-19(14-15-9-12-20-13-10-15)18-8-7-16-5-3-4-6-17(16)18/h3-6,9-10,12-13,18-19,21H,2,7-8,11,14H2,1H3. The molecule has 1 aromatic carbocycles. The van der Waals surface area contributed by atoms with Gasteiger partial charge in [-0.25, -0.2) is 0 Å². The molecule has 0 bridgehead atoms. The van der Waals surface area contributed by atoms with Crippen LogP contribution in [0.15, 0.2) is 48.8 Å². The summed E-state index contributed by atoms with van der Waals surface area (Å²) < 4.78 is 0. The summed E-state index contributed by atoms with van der Waals surface area (Å²) in [6, 6.07) is 13.8. The monoisotopic (exact) mass is 280 g/mol. The number of pyridine rings is 1. The van der Waals surface area contributed by atoms with Gasteiger partial charge in [0.25, 0.3) is 0 Å². The number of aromatic nitrogens is 1. The van der Waals surface area contributed by atoms with Gasteiger partial charge in [-0.05, 0) is 61.1 Å². The summed E-state index contributed by atoms with van der Waals surface area (Å²) >= 11 is 0. The smallest absolute Gasteiger partial charge is 0.0270 e. The molecule has 0 fully saturated rings. The summed E-state index contributed by atoms with van der Waals surface area (Å²) in [5.74, 6) is 0.640. The third-order valence-corrected chi connectivity index (χ3v) is 4.53. The lowest BCUT2D eigenvalue weighted by Crippen LogP contribution is -2.36. The Hall–Kier alpha value is -1.67. The number of rotatable bonds is 6. The molecule has 21 heavy (non-hydrogen) atoms. The quantitative estimate of drug-likeness (QED) is 0.872. The van der Waals surface area contributed by atoms with E-state index in [1.807, 2.05) is 12.4 Å². The molecule has 2 unspecified atom stereocenters. The number of hydrogen-bond donors (Lipinski definition) is 1. The van der Waals surface area contributed by atoms with Crippen LogP contribution in [-0.2, 0) is 12.8 Å². The Labute approximate surface area is 127 Å². The second-order valence-electron chi connectivity index (χ2n) is 5.96. The van der Waals surface area contributed by atoms with Crippen LogP contribution in [0.25, 0.3) is 0 Å². The minimum absolute atomic E-state index is 0.524. The minimum atomic E-state index is 0.524. The second kappa shape index (κ2) is 6.86. The topological polar surface area (TPSA) is 24.9 Å². The molecule has 110 valence electrons. The van der Waals surface area contributed by atoms with Crippen LogP contribution in [0, 0.1) is 0 Å². The van der Waals surface area contributed by atoms with E-state index < -0.39 is 0 Å². The lowest BCUT2D eigenvalue weighted by atomic mass is 9.89. The molecule has 0 saturated heterocycles. The Balaban J connectivity index is 1.80. The third-order valence-electron chi connectivity index (χ3n) is 4.53. The maximum Gasteiger partial charge on any atom is 0.0270 e. The molecule has 2 nitrogen and oxygen atoms in total. The van der Waals surface area contributed by atoms with Gasteiger partial charge in [0.15, 0.2) is 0 Å². The van der Waals surface area contributed by atoms with Crippen LogP contribution in [0.4, 0.5) is 0 Å². The highest BCUT2D eigenvalue weighted by Gasteiger charge is 2.29. The summed E-state index contributed by atoms with van der Waals surface area (Å²) in [5, 5.41) is 3.78. The Bertz CT molecular complexity index is 565. The summed E-state index contributed by atoms with van der Waals surface area (Å²) in [6.45, 7) is 3.33. The molecule has 1 heterocycles. The fourth-order valence-corrected chi connectivity index (χ4v) is 3.47. The van der Waals surface area contributed by atoms with E-state index in [2.05, 4.69) is 53.6 Å². The molecule has 1 aliphatic carbocycles. The number of hydrogen-bond acceptors (Lipinski definition) is 2. The van der Waals surface area contributed by atoms with Crippen LogP contribution in [0.5, 0.6) is 0 Å². The zero-order valence-electron chi connectivity index (χ0n) is 12.8. The predicted octanol–water partition coefficient (Wildman–Crippen LogP) is 3.72. The second-order valence-corrected chi connectivity index (χ2v) is 5.96. The molecule has 2 atom stereocenters. The van der Waals surface area contributed by atoms with Crippen molar-refractivity contribution in [3.05, 3.63) is 65.5 Å². The lowest BCUT2D eigenvalue weighted by Gasteiger charge is -2.26. The van der Waals surface area contributed by atoms with Gasteiger partial charge in [0.1, 0.15) is 0 Å². The summed E-state index contributed by atoms with van der Waals surface area (Å²) in [5.41, 5.74) is 4.48. The number of benzene rings is 1. The van der Waals surface area contributed by atoms with Crippen LogP contribution in [0.3, 0.4) is 0 Å². The molecule has 0 radical (unpaired) electrons. The van der Waals surface area contributed by atoms with Crippen molar-refractivity contribution in [2.24, 2.45) is 0 Å². The molecule has 0 amide bonds. The summed E-state index contributed by atoms with van der Waals surface area (Å²) in [7, 11) is 0. The van der Waals surface area contributed by atoms with Crippen molar-refractivity contribution in [1.29, 1.82) is 0 Å². The van der Waals surface area contributed by atoms with Crippen LogP contribution < -0.4 is 5.32 Å². The van der Waals surface area contributed by atoms with Gasteiger partial charge in [-0.1, -0.05) is 31.2 Å². The largest absolute Gasteiger partial charge is 0.313 e. The molecule has 1 aliphatic rings. The van der Waals surface area contributed by atoms with Crippen LogP contribution in [0.2, 0.25) is 0 Å². The maximum absolute atomic E-state index is 4.13. The lowest BCUT2D eigenvalue weighted by molar-refractivity contribution is 0.425. The van der Waals surface area contributed by atoms with Gasteiger partial charge >= 0.3 is 0 Å². The van der Waals surface area contributed by atoms with E-state index in [9.17, 15) is 0 Å². The van der Waals surface area contributed by atoms with Crippen molar-refractivity contribution in [3.8, 4) is 0 Å². The normalized spacial score (nSPS) is 18.4. The van der Waals surface area contributed by atoms with E-state index in [0.29, 0.717) is 12.0 Å². The average molecular weight is 280 g/mol. The summed E-state index contributed by atoms with van der Waals surface area (Å²) in [4.78, 5) is 4.13. The van der Waals surface area contributed by atoms with Crippen LogP contribution in [-0.4, -0.2) is 17.6 Å². The average Bonchev–Trinajstić information content (AvgIpc) is 2.96. The van der Waals surface area contributed by atoms with Gasteiger partial charge in [-0.3, -0.25) is 4.98 Å². The Morgan fingerprint density at radius 3 is 2.81 bits per heavy atom. The molecule has 1 N–H and O–H groups in total. The molecule has 3 rings (SSSR count). The predicted molar refractivity (Wildman–Crippen MR) is 87.5 cm³/mol. The molecule has 0 spiro atoms. The summed E-state index contributed by atoms with van der Waals surface area (Å²) in [6.07, 6.45) is 8.56. The van der Waals surface area contributed by atoms with E-state index in [4.69, 9.17) is 0 Å². The van der Waals surface area contributed by atoms with E-state index in [0.717, 1.165) is 13.0 Å². The highest BCUT2D eigenvalue weighted by molar-refractivity contribution is 5.36. The fourth-order valence-electron chi connectivity index (χ4n) is 3.47. The van der Waals surface area contributed by atoms with Gasteiger partial charge in [0, 0.05) is 24.4 Å². The van der Waals surface area contributed by atoms with Crippen molar-refractivity contribution < 1.29 is 0 Å². The van der Waals surface area contributed by atoms with Crippen LogP contribution in [0.1, 0.15) is 42.4 Å². The van der Waals surface area contributed by atoms with Gasteiger partial charge in [-0.2, -0.15) is 0 Å². The van der Waals surface area contributed by atoms with Crippen molar-refractivity contribution >= 4 is 0 Å². The third kappa shape index (κ3) is 3.33. The van der Waals surface area contributed by atoms with Crippen LogP contribution >= 0.6 is 0 Å². The van der Waals surface area contributed by atoms with Gasteiger partial charge in [0.05, 0.1) is 0 Å². The SMILES string of the molecule is CCCNC(Cc1ccncc1)C1CCc2ccccc21. The molecule has 0 aliphatic heterocycles. The highest BCUT2D eigenvalue weighted by Crippen LogP contribution is 2.36. The first-order valence-electron chi connectivity index (χ1n) is 8.08. The first-order valence-corrected chi connectivity index (χ1v) is 8.08. The molecule has 1 aromatic heterocycles. The zero-order valence-corrected chi connectivity index (χ0v) is 12.8. The van der Waals surface area contributed by atoms with Gasteiger partial charge in [0.2, 0.25) is 0 Å². The molecule has 0 saturated carbocycles. The van der Waals surface area contributed by atoms with Gasteiger partial charge < -0.3 is 5.32 Å². The number of nitrogens with zero attached hydrogens (tertiary/aromatic N) is 1. The number of aryl methyl sites for hydroxylation is 1. The molecular weight excluding hydrogens is 256 g/mol. The Morgan fingerprint density at radius 2 is 2.00 bits per heavy atom. The zero-order chi connectivity index (χ0) is 14.5. The highest BCUT2D eigenvalue weighted by atomic mass is 14.9. The van der Waals surface area contributed by atoms with E-state index >= 15 is 0 Å². The first kappa shape index (κ1) is 14.3. The Morgan fingerprint density at radius 1 is 1.19 bits per heavy atom. The minimum Gasteiger partial charge on any atom is -0.313 e. The molecular formula is C19H24N2. The first-order chi connectivity index (χ1) is 10.4. The maximum atomic E-state index is 4.13. The van der Waals surface area contributed by atoms with Gasteiger partial charge in [-0.15, -0.1) is 0 Å². The van der Waals surface area contributed by atoms with Crippen molar-refractivity contribution in [3.63, 3.8) is 0 Å². The van der Waals surface area contributed by atoms with E-state index in [-0.39, 0.29) is 0 Å².